The van der Waals surface area contributed by atoms with E-state index in [-0.39, 0.29) is 6.61 Å². The summed E-state index contributed by atoms with van der Waals surface area (Å²) in [4.78, 5) is 0. The van der Waals surface area contributed by atoms with Crippen molar-refractivity contribution in [2.45, 2.75) is 5.66 Å². The van der Waals surface area contributed by atoms with Crippen LogP contribution in [0.15, 0.2) is 10.2 Å². The molecule has 0 aromatic heterocycles. The molecule has 0 fully saturated rings. The molecule has 0 saturated heterocycles. The van der Waals surface area contributed by atoms with Gasteiger partial charge < -0.3 is 5.11 Å². The molecule has 0 atom stereocenters. The molecule has 0 bridgehead atoms. The molecule has 0 aliphatic carbocycles. The maximum atomic E-state index is 8.33. The summed E-state index contributed by atoms with van der Waals surface area (Å²) in [6, 6.07) is 0. The van der Waals surface area contributed by atoms with Gasteiger partial charge in [0, 0.05) is 0 Å². The fourth-order valence-electron chi connectivity index (χ4n) is 0.227. The van der Waals surface area contributed by atoms with Crippen LogP contribution in [0.3, 0.4) is 0 Å². The summed E-state index contributed by atoms with van der Waals surface area (Å²) in [5, 5.41) is 15.1. The summed E-state index contributed by atoms with van der Waals surface area (Å²) in [6.07, 6.45) is 4.88. The van der Waals surface area contributed by atoms with Crippen LogP contribution in [-0.4, -0.2) is 17.4 Å². The molecule has 0 aromatic rings. The minimum absolute atomic E-state index is 0.163. The van der Waals surface area contributed by atoms with E-state index in [4.69, 9.17) is 11.5 Å². The number of hydrogen-bond donors (Lipinski definition) is 1. The van der Waals surface area contributed by atoms with Crippen LogP contribution in [-0.2, 0) is 0 Å². The second-order valence-electron chi connectivity index (χ2n) is 1.32. The van der Waals surface area contributed by atoms with Crippen LogP contribution >= 0.6 is 0 Å². The van der Waals surface area contributed by atoms with Crippen LogP contribution in [0.5, 0.6) is 0 Å². The summed E-state index contributed by atoms with van der Waals surface area (Å²) in [7, 11) is 0. The normalized spacial score (nSPS) is 21.1. The molecule has 3 heteroatoms. The zero-order chi connectivity index (χ0) is 5.33. The van der Waals surface area contributed by atoms with Crippen LogP contribution in [0.4, 0.5) is 0 Å². The van der Waals surface area contributed by atoms with E-state index in [0.717, 1.165) is 0 Å². The van der Waals surface area contributed by atoms with Crippen molar-refractivity contribution in [1.29, 1.82) is 0 Å². The molecule has 0 aromatic carbocycles. The van der Waals surface area contributed by atoms with Gasteiger partial charge in [0.1, 0.15) is 6.61 Å². The Labute approximate surface area is 41.1 Å². The highest BCUT2D eigenvalue weighted by Crippen LogP contribution is 2.24. The first kappa shape index (κ1) is 4.28. The van der Waals surface area contributed by atoms with E-state index in [2.05, 4.69) is 16.1 Å². The first-order valence-electron chi connectivity index (χ1n) is 1.86. The smallest absolute Gasteiger partial charge is 0.272 e. The number of aliphatic hydroxyl groups excluding tert-OH is 1. The van der Waals surface area contributed by atoms with Gasteiger partial charge in [0.25, 0.3) is 5.66 Å². The van der Waals surface area contributed by atoms with Gasteiger partial charge in [-0.15, -0.1) is 16.7 Å². The van der Waals surface area contributed by atoms with E-state index >= 15 is 0 Å². The van der Waals surface area contributed by atoms with Crippen LogP contribution in [0.1, 0.15) is 0 Å². The summed E-state index contributed by atoms with van der Waals surface area (Å²) in [6.45, 7) is -0.163. The highest BCUT2D eigenvalue weighted by molar-refractivity contribution is 5.17. The van der Waals surface area contributed by atoms with Gasteiger partial charge >= 0.3 is 0 Å². The van der Waals surface area contributed by atoms with Gasteiger partial charge in [0.2, 0.25) is 0 Å². The molecular weight excluding hydrogens is 92.1 g/mol. The minimum Gasteiger partial charge on any atom is -0.391 e. The average molecular weight is 96.1 g/mol. The van der Waals surface area contributed by atoms with Crippen LogP contribution in [0, 0.1) is 12.3 Å². The molecule has 1 heterocycles. The Bertz CT molecular complexity index is 138. The molecule has 0 unspecified atom stereocenters. The summed E-state index contributed by atoms with van der Waals surface area (Å²) in [5.41, 5.74) is -0.833. The largest absolute Gasteiger partial charge is 0.391 e. The fourth-order valence-corrected chi connectivity index (χ4v) is 0.227. The molecule has 0 radical (unpaired) electrons. The molecule has 7 heavy (non-hydrogen) atoms. The summed E-state index contributed by atoms with van der Waals surface area (Å²) in [5.74, 6) is 2.22. The molecule has 3 nitrogen and oxygen atoms in total. The third-order valence-electron chi connectivity index (χ3n) is 0.793. The van der Waals surface area contributed by atoms with Gasteiger partial charge in [-0.3, -0.25) is 0 Å². The van der Waals surface area contributed by atoms with Crippen molar-refractivity contribution < 1.29 is 5.11 Å². The first-order valence-corrected chi connectivity index (χ1v) is 1.86. The van der Waals surface area contributed by atoms with Crippen LogP contribution in [0.2, 0.25) is 0 Å². The maximum absolute atomic E-state index is 8.33. The van der Waals surface area contributed by atoms with E-state index < -0.39 is 5.66 Å². The Morgan fingerprint density at radius 1 is 1.71 bits per heavy atom. The van der Waals surface area contributed by atoms with Gasteiger partial charge in [0.05, 0.1) is 0 Å². The number of nitrogens with zero attached hydrogens (tertiary/aromatic N) is 2. The van der Waals surface area contributed by atoms with Gasteiger partial charge in [-0.05, 0) is 5.92 Å². The van der Waals surface area contributed by atoms with E-state index in [1.54, 1.807) is 0 Å². The van der Waals surface area contributed by atoms with Gasteiger partial charge in [-0.25, -0.2) is 0 Å². The molecule has 36 valence electrons. The van der Waals surface area contributed by atoms with Crippen molar-refractivity contribution in [3.8, 4) is 12.3 Å². The fraction of sp³-hybridized carbons (Fsp3) is 0.500. The van der Waals surface area contributed by atoms with Gasteiger partial charge in [-0.2, -0.15) is 0 Å². The van der Waals surface area contributed by atoms with E-state index in [1.807, 2.05) is 0 Å². The molecule has 1 N–H and O–H groups in total. The second kappa shape index (κ2) is 1.04. The summed E-state index contributed by atoms with van der Waals surface area (Å²) < 4.78 is 0. The Morgan fingerprint density at radius 3 is 2.29 bits per heavy atom. The molecule has 1 aliphatic heterocycles. The topological polar surface area (TPSA) is 45.0 Å². The van der Waals surface area contributed by atoms with E-state index in [0.29, 0.717) is 0 Å². The molecular formula is C4H4N2O. The van der Waals surface area contributed by atoms with Crippen molar-refractivity contribution in [3.63, 3.8) is 0 Å². The lowest BCUT2D eigenvalue weighted by Gasteiger charge is -1.89. The SMILES string of the molecule is C#CC1(CO)N=N1. The van der Waals surface area contributed by atoms with Crippen LogP contribution in [0.25, 0.3) is 0 Å². The standard InChI is InChI=1S/C4H4N2O/c1-2-4(3-7)5-6-4/h1,7H,3H2. The molecule has 1 aliphatic rings. The van der Waals surface area contributed by atoms with Crippen molar-refractivity contribution in [1.82, 2.24) is 0 Å². The average Bonchev–Trinajstić information content (AvgIpc) is 2.46. The monoisotopic (exact) mass is 96.0 g/mol. The quantitative estimate of drug-likeness (QED) is 0.450. The van der Waals surface area contributed by atoms with E-state index in [9.17, 15) is 0 Å². The Balaban J connectivity index is 2.50. The van der Waals surface area contributed by atoms with Crippen molar-refractivity contribution in [2.75, 3.05) is 6.61 Å². The maximum Gasteiger partial charge on any atom is 0.272 e. The van der Waals surface area contributed by atoms with Gasteiger partial charge in [-0.1, -0.05) is 0 Å². The Hall–Kier alpha value is -0.880. The molecule has 0 saturated carbocycles. The molecule has 1 rings (SSSR count). The highest BCUT2D eigenvalue weighted by Gasteiger charge is 2.36. The second-order valence-corrected chi connectivity index (χ2v) is 1.32. The first-order chi connectivity index (χ1) is 3.33. The number of rotatable bonds is 1. The molecule has 0 spiro atoms. The number of hydrogen-bond acceptors (Lipinski definition) is 3. The Morgan fingerprint density at radius 2 is 2.29 bits per heavy atom. The predicted octanol–water partition coefficient (Wildman–Crippen LogP) is -0.226. The minimum atomic E-state index is -0.833. The highest BCUT2D eigenvalue weighted by atomic mass is 16.3. The third kappa shape index (κ3) is 0.487. The lowest BCUT2D eigenvalue weighted by atomic mass is 10.3. The van der Waals surface area contributed by atoms with Crippen molar-refractivity contribution in [3.05, 3.63) is 0 Å². The lowest BCUT2D eigenvalue weighted by Crippen LogP contribution is -2.11. The zero-order valence-corrected chi connectivity index (χ0v) is 3.63. The summed E-state index contributed by atoms with van der Waals surface area (Å²) >= 11 is 0. The van der Waals surface area contributed by atoms with Gasteiger partial charge in [0.15, 0.2) is 0 Å². The van der Waals surface area contributed by atoms with E-state index in [1.165, 1.54) is 0 Å². The zero-order valence-electron chi connectivity index (χ0n) is 3.63. The Kier molecular flexibility index (Phi) is 0.639. The number of terminal acetylenes is 1. The van der Waals surface area contributed by atoms with Crippen LogP contribution < -0.4 is 0 Å². The lowest BCUT2D eigenvalue weighted by molar-refractivity contribution is 0.271. The third-order valence-corrected chi connectivity index (χ3v) is 0.793. The number of aliphatic hydroxyl groups is 1. The van der Waals surface area contributed by atoms with Crippen molar-refractivity contribution >= 4 is 0 Å². The molecule has 0 amide bonds. The van der Waals surface area contributed by atoms with Crippen molar-refractivity contribution in [2.24, 2.45) is 10.2 Å². The predicted molar refractivity (Wildman–Crippen MR) is 23.5 cm³/mol.